The van der Waals surface area contributed by atoms with Crippen LogP contribution >= 0.6 is 0 Å². The molecular weight excluding hydrogens is 170 g/mol. The lowest BCUT2D eigenvalue weighted by Crippen LogP contribution is -2.56. The van der Waals surface area contributed by atoms with E-state index < -0.39 is 0 Å². The number of nitrogens with zero attached hydrogens (tertiary/aromatic N) is 1. The lowest BCUT2D eigenvalue weighted by atomic mass is 9.71. The molecule has 0 aromatic heterocycles. The van der Waals surface area contributed by atoms with Gasteiger partial charge < -0.3 is 0 Å². The predicted octanol–water partition coefficient (Wildman–Crippen LogP) is 3.50. The molecule has 0 aromatic rings. The second kappa shape index (κ2) is 5.16. The van der Waals surface area contributed by atoms with Crippen molar-refractivity contribution in [1.82, 2.24) is 4.90 Å². The fourth-order valence-electron chi connectivity index (χ4n) is 3.35. The van der Waals surface area contributed by atoms with E-state index in [-0.39, 0.29) is 0 Å². The smallest absolute Gasteiger partial charge is 0.0235 e. The molecule has 0 N–H and O–H groups in total. The average molecular weight is 196 g/mol. The van der Waals surface area contributed by atoms with Gasteiger partial charge >= 0.3 is 0 Å². The summed E-state index contributed by atoms with van der Waals surface area (Å²) in [6.07, 6.45) is 7.75. The van der Waals surface area contributed by atoms with E-state index in [1.807, 2.05) is 0 Å². The van der Waals surface area contributed by atoms with Gasteiger partial charge in [0.05, 0.1) is 0 Å². The summed E-state index contributed by atoms with van der Waals surface area (Å²) < 4.78 is 0. The molecule has 1 unspecified atom stereocenters. The average Bonchev–Trinajstić information content (AvgIpc) is 2.27. The van der Waals surface area contributed by atoms with Crippen LogP contribution in [0.2, 0.25) is 0 Å². The minimum Gasteiger partial charge on any atom is -0.298 e. The van der Waals surface area contributed by atoms with Crippen molar-refractivity contribution in [2.24, 2.45) is 5.92 Å². The van der Waals surface area contributed by atoms with Crippen LogP contribution in [0.4, 0.5) is 0 Å². The van der Waals surface area contributed by atoms with E-state index in [1.165, 1.54) is 38.8 Å². The SMILES string of the molecule is CCC1[CH]CCN(CC)C1(CC)CC. The zero-order valence-electron chi connectivity index (χ0n) is 10.3. The van der Waals surface area contributed by atoms with Crippen LogP contribution in [0.5, 0.6) is 0 Å². The molecule has 14 heavy (non-hydrogen) atoms. The highest BCUT2D eigenvalue weighted by Crippen LogP contribution is 2.39. The van der Waals surface area contributed by atoms with Gasteiger partial charge in [0.25, 0.3) is 0 Å². The summed E-state index contributed by atoms with van der Waals surface area (Å²) in [5, 5.41) is 0. The van der Waals surface area contributed by atoms with Crippen LogP contribution in [0.25, 0.3) is 0 Å². The summed E-state index contributed by atoms with van der Waals surface area (Å²) in [6.45, 7) is 11.8. The zero-order valence-corrected chi connectivity index (χ0v) is 10.3. The zero-order chi connectivity index (χ0) is 10.6. The third-order valence-corrected chi connectivity index (χ3v) is 4.22. The van der Waals surface area contributed by atoms with Gasteiger partial charge in [0.15, 0.2) is 0 Å². The lowest BCUT2D eigenvalue weighted by Gasteiger charge is -2.51. The van der Waals surface area contributed by atoms with E-state index >= 15 is 0 Å². The Hall–Kier alpha value is -0.0400. The Balaban J connectivity index is 2.86. The molecule has 83 valence electrons. The number of hydrogen-bond acceptors (Lipinski definition) is 1. The van der Waals surface area contributed by atoms with Crippen LogP contribution in [-0.4, -0.2) is 23.5 Å². The highest BCUT2D eigenvalue weighted by Gasteiger charge is 2.41. The number of piperidine rings is 1. The summed E-state index contributed by atoms with van der Waals surface area (Å²) in [6, 6.07) is 0. The third kappa shape index (κ3) is 1.84. The first kappa shape index (κ1) is 12.0. The minimum atomic E-state index is 0.474. The van der Waals surface area contributed by atoms with Gasteiger partial charge in [-0.1, -0.05) is 34.1 Å². The molecule has 0 bridgehead atoms. The van der Waals surface area contributed by atoms with Gasteiger partial charge in [0.2, 0.25) is 0 Å². The molecule has 1 heterocycles. The fourth-order valence-corrected chi connectivity index (χ4v) is 3.35. The summed E-state index contributed by atoms with van der Waals surface area (Å²) in [5.74, 6) is 0.811. The predicted molar refractivity (Wildman–Crippen MR) is 63.3 cm³/mol. The number of rotatable bonds is 4. The molecule has 0 spiro atoms. The Morgan fingerprint density at radius 3 is 2.29 bits per heavy atom. The Bertz CT molecular complexity index is 147. The monoisotopic (exact) mass is 196 g/mol. The summed E-state index contributed by atoms with van der Waals surface area (Å²) in [7, 11) is 0. The van der Waals surface area contributed by atoms with Crippen LogP contribution in [-0.2, 0) is 0 Å². The van der Waals surface area contributed by atoms with Gasteiger partial charge in [-0.3, -0.25) is 4.90 Å². The third-order valence-electron chi connectivity index (χ3n) is 4.22. The molecule has 1 nitrogen and oxygen atoms in total. The normalized spacial score (nSPS) is 27.9. The fraction of sp³-hybridized carbons (Fsp3) is 0.923. The molecule has 0 saturated carbocycles. The van der Waals surface area contributed by atoms with E-state index in [0.29, 0.717) is 5.54 Å². The van der Waals surface area contributed by atoms with Crippen LogP contribution in [0.1, 0.15) is 53.4 Å². The van der Waals surface area contributed by atoms with Crippen LogP contribution in [0.15, 0.2) is 0 Å². The van der Waals surface area contributed by atoms with Crippen molar-refractivity contribution in [3.63, 3.8) is 0 Å². The van der Waals surface area contributed by atoms with E-state index in [9.17, 15) is 0 Å². The van der Waals surface area contributed by atoms with Gasteiger partial charge in [-0.05, 0) is 44.7 Å². The van der Waals surface area contributed by atoms with E-state index in [1.54, 1.807) is 0 Å². The Kier molecular flexibility index (Phi) is 4.43. The first-order chi connectivity index (χ1) is 6.75. The molecule has 0 amide bonds. The lowest BCUT2D eigenvalue weighted by molar-refractivity contribution is 0.0141. The molecule has 1 aliphatic rings. The molecule has 1 saturated heterocycles. The summed E-state index contributed by atoms with van der Waals surface area (Å²) in [4.78, 5) is 2.71. The quantitative estimate of drug-likeness (QED) is 0.665. The maximum Gasteiger partial charge on any atom is 0.0235 e. The van der Waals surface area contributed by atoms with Crippen LogP contribution in [0, 0.1) is 12.3 Å². The second-order valence-electron chi connectivity index (χ2n) is 4.43. The van der Waals surface area contributed by atoms with Gasteiger partial charge in [-0.15, -0.1) is 0 Å². The summed E-state index contributed by atoms with van der Waals surface area (Å²) >= 11 is 0. The molecular formula is C13H26N. The molecule has 1 heteroatoms. The van der Waals surface area contributed by atoms with Gasteiger partial charge in [-0.25, -0.2) is 0 Å². The first-order valence-corrected chi connectivity index (χ1v) is 6.33. The van der Waals surface area contributed by atoms with Gasteiger partial charge in [0, 0.05) is 5.54 Å². The topological polar surface area (TPSA) is 3.24 Å². The minimum absolute atomic E-state index is 0.474. The van der Waals surface area contributed by atoms with Crippen molar-refractivity contribution in [1.29, 1.82) is 0 Å². The van der Waals surface area contributed by atoms with Gasteiger partial charge in [0.1, 0.15) is 0 Å². The van der Waals surface area contributed by atoms with Crippen molar-refractivity contribution in [2.75, 3.05) is 13.1 Å². The van der Waals surface area contributed by atoms with Crippen molar-refractivity contribution >= 4 is 0 Å². The van der Waals surface area contributed by atoms with E-state index in [0.717, 1.165) is 5.92 Å². The molecule has 0 aliphatic carbocycles. The highest BCUT2D eigenvalue weighted by atomic mass is 15.2. The van der Waals surface area contributed by atoms with Gasteiger partial charge in [-0.2, -0.15) is 0 Å². The molecule has 1 fully saturated rings. The molecule has 0 aromatic carbocycles. The van der Waals surface area contributed by atoms with Crippen molar-refractivity contribution in [2.45, 2.75) is 58.9 Å². The number of hydrogen-bond donors (Lipinski definition) is 0. The highest BCUT2D eigenvalue weighted by molar-refractivity contribution is 5.03. The molecule has 1 aliphatic heterocycles. The first-order valence-electron chi connectivity index (χ1n) is 6.33. The Morgan fingerprint density at radius 2 is 1.86 bits per heavy atom. The maximum atomic E-state index is 2.71. The van der Waals surface area contributed by atoms with Crippen LogP contribution < -0.4 is 0 Å². The second-order valence-corrected chi connectivity index (χ2v) is 4.43. The molecule has 1 radical (unpaired) electrons. The molecule has 1 atom stereocenters. The number of likely N-dealkylation sites (tertiary alicyclic amines) is 1. The Morgan fingerprint density at radius 1 is 1.21 bits per heavy atom. The van der Waals surface area contributed by atoms with Crippen LogP contribution in [0.3, 0.4) is 0 Å². The molecule has 1 rings (SSSR count). The standard InChI is InChI=1S/C13H26N/c1-5-12-10-9-11-14(8-4)13(12,6-2)7-3/h10,12H,5-9,11H2,1-4H3. The van der Waals surface area contributed by atoms with E-state index in [4.69, 9.17) is 0 Å². The largest absolute Gasteiger partial charge is 0.298 e. The Labute approximate surface area is 89.9 Å². The van der Waals surface area contributed by atoms with E-state index in [2.05, 4.69) is 39.0 Å². The van der Waals surface area contributed by atoms with Crippen molar-refractivity contribution in [3.8, 4) is 0 Å². The van der Waals surface area contributed by atoms with Crippen molar-refractivity contribution in [3.05, 3.63) is 6.42 Å². The van der Waals surface area contributed by atoms with Crippen molar-refractivity contribution < 1.29 is 0 Å². The summed E-state index contributed by atoms with van der Waals surface area (Å²) in [5.41, 5.74) is 0.474. The maximum absolute atomic E-state index is 2.71.